The first-order valence-electron chi connectivity index (χ1n) is 5.09. The second-order valence-electron chi connectivity index (χ2n) is 3.72. The van der Waals surface area contributed by atoms with Gasteiger partial charge in [-0.15, -0.1) is 0 Å². The second kappa shape index (κ2) is 3.86. The van der Waals surface area contributed by atoms with Gasteiger partial charge in [-0.25, -0.2) is 8.78 Å². The van der Waals surface area contributed by atoms with E-state index >= 15 is 0 Å². The van der Waals surface area contributed by atoms with Crippen LogP contribution < -0.4 is 15.2 Å². The summed E-state index contributed by atoms with van der Waals surface area (Å²) in [4.78, 5) is 0. The molecule has 5 nitrogen and oxygen atoms in total. The number of rotatable bonds is 2. The third-order valence-corrected chi connectivity index (χ3v) is 2.54. The molecule has 0 aliphatic carbocycles. The molecule has 0 bridgehead atoms. The van der Waals surface area contributed by atoms with Gasteiger partial charge in [-0.3, -0.25) is 0 Å². The van der Waals surface area contributed by atoms with E-state index in [0.29, 0.717) is 11.3 Å². The van der Waals surface area contributed by atoms with Crippen LogP contribution in [0, 0.1) is 0 Å². The molecule has 2 aromatic rings. The molecule has 1 aliphatic heterocycles. The van der Waals surface area contributed by atoms with Crippen molar-refractivity contribution in [2.75, 3.05) is 12.5 Å². The molecule has 1 aromatic carbocycles. The lowest BCUT2D eigenvalue weighted by atomic mass is 10.1. The summed E-state index contributed by atoms with van der Waals surface area (Å²) in [7, 11) is 0. The van der Waals surface area contributed by atoms with E-state index in [9.17, 15) is 8.78 Å². The largest absolute Gasteiger partial charge is 0.454 e. The third kappa shape index (κ3) is 1.64. The zero-order chi connectivity index (χ0) is 12.7. The number of nitrogen functional groups attached to an aromatic ring is 1. The molecule has 94 valence electrons. The number of aromatic nitrogens is 1. The van der Waals surface area contributed by atoms with E-state index in [2.05, 4.69) is 5.16 Å². The Morgan fingerprint density at radius 1 is 1.22 bits per heavy atom. The SMILES string of the molecule is Nc1cc(-c2cc(C(F)F)cc3c2OCO3)on1. The van der Waals surface area contributed by atoms with E-state index in [1.807, 2.05) is 0 Å². The van der Waals surface area contributed by atoms with E-state index in [1.54, 1.807) is 0 Å². The van der Waals surface area contributed by atoms with E-state index in [0.717, 1.165) is 0 Å². The third-order valence-electron chi connectivity index (χ3n) is 2.54. The number of hydrogen-bond acceptors (Lipinski definition) is 5. The van der Waals surface area contributed by atoms with Crippen LogP contribution in [0.4, 0.5) is 14.6 Å². The van der Waals surface area contributed by atoms with Crippen molar-refractivity contribution in [3.63, 3.8) is 0 Å². The summed E-state index contributed by atoms with van der Waals surface area (Å²) in [5.41, 5.74) is 5.61. The maximum absolute atomic E-state index is 12.8. The van der Waals surface area contributed by atoms with Crippen LogP contribution in [0.5, 0.6) is 11.5 Å². The second-order valence-corrected chi connectivity index (χ2v) is 3.72. The molecule has 0 spiro atoms. The summed E-state index contributed by atoms with van der Waals surface area (Å²) < 4.78 is 40.8. The number of nitrogens with zero attached hydrogens (tertiary/aromatic N) is 1. The average molecular weight is 254 g/mol. The molecule has 1 aromatic heterocycles. The van der Waals surface area contributed by atoms with Crippen molar-refractivity contribution in [3.05, 3.63) is 23.8 Å². The fraction of sp³-hybridized carbons (Fsp3) is 0.182. The summed E-state index contributed by atoms with van der Waals surface area (Å²) in [6.07, 6.45) is -2.61. The molecule has 7 heteroatoms. The first kappa shape index (κ1) is 10.8. The maximum Gasteiger partial charge on any atom is 0.264 e. The number of anilines is 1. The molecular weight excluding hydrogens is 246 g/mol. The van der Waals surface area contributed by atoms with Crippen molar-refractivity contribution in [1.82, 2.24) is 5.16 Å². The summed E-state index contributed by atoms with van der Waals surface area (Å²) in [5.74, 6) is 1.05. The summed E-state index contributed by atoms with van der Waals surface area (Å²) in [6.45, 7) is -0.0152. The van der Waals surface area contributed by atoms with Crippen LogP contribution in [0.2, 0.25) is 0 Å². The van der Waals surface area contributed by atoms with Crippen molar-refractivity contribution in [3.8, 4) is 22.8 Å². The van der Waals surface area contributed by atoms with Crippen LogP contribution in [0.25, 0.3) is 11.3 Å². The van der Waals surface area contributed by atoms with Gasteiger partial charge in [-0.05, 0) is 12.1 Å². The summed E-state index contributed by atoms with van der Waals surface area (Å²) >= 11 is 0. The van der Waals surface area contributed by atoms with Gasteiger partial charge in [0, 0.05) is 11.6 Å². The lowest BCUT2D eigenvalue weighted by Gasteiger charge is -2.06. The highest BCUT2D eigenvalue weighted by Gasteiger charge is 2.24. The molecule has 0 amide bonds. The van der Waals surface area contributed by atoms with Crippen molar-refractivity contribution < 1.29 is 22.8 Å². The average Bonchev–Trinajstić information content (AvgIpc) is 2.95. The van der Waals surface area contributed by atoms with Crippen molar-refractivity contribution in [2.24, 2.45) is 0 Å². The van der Waals surface area contributed by atoms with E-state index in [1.165, 1.54) is 18.2 Å². The van der Waals surface area contributed by atoms with Crippen LogP contribution in [0.1, 0.15) is 12.0 Å². The Balaban J connectivity index is 2.18. The number of ether oxygens (including phenoxy) is 2. The number of nitrogens with two attached hydrogens (primary N) is 1. The van der Waals surface area contributed by atoms with Crippen LogP contribution in [-0.4, -0.2) is 11.9 Å². The Labute approximate surface area is 100 Å². The number of hydrogen-bond donors (Lipinski definition) is 1. The topological polar surface area (TPSA) is 70.5 Å². The highest BCUT2D eigenvalue weighted by atomic mass is 19.3. The minimum atomic E-state index is -2.61. The standard InChI is InChI=1S/C11H8F2N2O3/c12-11(13)5-1-6(7-3-9(14)15-18-7)10-8(2-5)16-4-17-10/h1-3,11H,4H2,(H2,14,15). The Hall–Kier alpha value is -2.31. The number of benzene rings is 1. The quantitative estimate of drug-likeness (QED) is 0.891. The highest BCUT2D eigenvalue weighted by Crippen LogP contribution is 2.44. The van der Waals surface area contributed by atoms with Crippen molar-refractivity contribution in [2.45, 2.75) is 6.43 Å². The monoisotopic (exact) mass is 254 g/mol. The molecule has 0 radical (unpaired) electrons. The van der Waals surface area contributed by atoms with Gasteiger partial charge in [0.2, 0.25) is 6.79 Å². The van der Waals surface area contributed by atoms with Gasteiger partial charge in [0.05, 0.1) is 5.56 Å². The molecule has 1 aliphatic rings. The lowest BCUT2D eigenvalue weighted by molar-refractivity contribution is 0.150. The Morgan fingerprint density at radius 3 is 2.72 bits per heavy atom. The first-order valence-corrected chi connectivity index (χ1v) is 5.09. The number of halogens is 2. The van der Waals surface area contributed by atoms with Gasteiger partial charge in [0.15, 0.2) is 23.1 Å². The molecule has 0 fully saturated rings. The lowest BCUT2D eigenvalue weighted by Crippen LogP contribution is -1.93. The van der Waals surface area contributed by atoms with Crippen LogP contribution in [-0.2, 0) is 0 Å². The number of alkyl halides is 2. The smallest absolute Gasteiger partial charge is 0.264 e. The van der Waals surface area contributed by atoms with Crippen LogP contribution in [0.3, 0.4) is 0 Å². The van der Waals surface area contributed by atoms with E-state index in [4.69, 9.17) is 19.7 Å². The molecule has 0 unspecified atom stereocenters. The van der Waals surface area contributed by atoms with Crippen molar-refractivity contribution >= 4 is 5.82 Å². The first-order chi connectivity index (χ1) is 8.65. The van der Waals surface area contributed by atoms with Crippen LogP contribution >= 0.6 is 0 Å². The summed E-state index contributed by atoms with van der Waals surface area (Å²) in [5, 5.41) is 3.51. The minimum absolute atomic E-state index is 0.0152. The molecular formula is C11H8F2N2O3. The zero-order valence-electron chi connectivity index (χ0n) is 9.02. The fourth-order valence-corrected chi connectivity index (χ4v) is 1.76. The van der Waals surface area contributed by atoms with Crippen LogP contribution in [0.15, 0.2) is 22.7 Å². The molecule has 0 saturated carbocycles. The molecule has 2 N–H and O–H groups in total. The molecule has 18 heavy (non-hydrogen) atoms. The normalized spacial score (nSPS) is 13.3. The Morgan fingerprint density at radius 2 is 2.06 bits per heavy atom. The Bertz CT molecular complexity index is 598. The maximum atomic E-state index is 12.8. The van der Waals surface area contributed by atoms with Gasteiger partial charge < -0.3 is 19.7 Å². The minimum Gasteiger partial charge on any atom is -0.454 e. The number of fused-ring (bicyclic) bond motifs is 1. The van der Waals surface area contributed by atoms with Gasteiger partial charge in [-0.2, -0.15) is 0 Å². The van der Waals surface area contributed by atoms with E-state index in [-0.39, 0.29) is 29.7 Å². The summed E-state index contributed by atoms with van der Waals surface area (Å²) in [6, 6.07) is 3.96. The van der Waals surface area contributed by atoms with Gasteiger partial charge in [-0.1, -0.05) is 5.16 Å². The van der Waals surface area contributed by atoms with E-state index < -0.39 is 6.43 Å². The fourth-order valence-electron chi connectivity index (χ4n) is 1.76. The molecule has 3 rings (SSSR count). The predicted molar refractivity (Wildman–Crippen MR) is 57.4 cm³/mol. The Kier molecular flexibility index (Phi) is 2.32. The van der Waals surface area contributed by atoms with Gasteiger partial charge in [0.25, 0.3) is 6.43 Å². The van der Waals surface area contributed by atoms with Crippen molar-refractivity contribution in [1.29, 1.82) is 0 Å². The molecule has 0 saturated heterocycles. The van der Waals surface area contributed by atoms with Gasteiger partial charge in [0.1, 0.15) is 0 Å². The zero-order valence-corrected chi connectivity index (χ0v) is 9.02. The molecule has 2 heterocycles. The molecule has 0 atom stereocenters. The predicted octanol–water partition coefficient (Wildman–Crippen LogP) is 2.59. The highest BCUT2D eigenvalue weighted by molar-refractivity contribution is 5.73. The van der Waals surface area contributed by atoms with Gasteiger partial charge >= 0.3 is 0 Å².